The molecule has 4 N–H and O–H groups in total. The summed E-state index contributed by atoms with van der Waals surface area (Å²) in [7, 11) is 0. The molecule has 0 fully saturated rings. The first-order chi connectivity index (χ1) is 8.62. The molecular formula is C11H20N6O. The molecule has 0 bridgehead atoms. The van der Waals surface area contributed by atoms with Gasteiger partial charge >= 0.3 is 0 Å². The Morgan fingerprint density at radius 1 is 1.39 bits per heavy atom. The van der Waals surface area contributed by atoms with E-state index in [9.17, 15) is 4.79 Å². The molecule has 1 atom stereocenters. The minimum atomic E-state index is -0.354. The second-order valence-electron chi connectivity index (χ2n) is 3.81. The van der Waals surface area contributed by atoms with Gasteiger partial charge in [-0.3, -0.25) is 9.78 Å². The molecule has 1 unspecified atom stereocenters. The van der Waals surface area contributed by atoms with Crippen LogP contribution in [-0.4, -0.2) is 39.9 Å². The third-order valence-electron chi connectivity index (χ3n) is 2.59. The number of nitrogens with two attached hydrogens (primary N) is 1. The number of carbonyl (C=O) groups is 1. The molecular weight excluding hydrogens is 232 g/mol. The minimum absolute atomic E-state index is 0.0351. The highest BCUT2D eigenvalue weighted by Gasteiger charge is 2.18. The van der Waals surface area contributed by atoms with Gasteiger partial charge in [0.2, 0.25) is 5.91 Å². The van der Waals surface area contributed by atoms with Crippen LogP contribution < -0.4 is 16.6 Å². The molecule has 1 aromatic rings. The van der Waals surface area contributed by atoms with Gasteiger partial charge in [0, 0.05) is 13.1 Å². The van der Waals surface area contributed by atoms with Crippen LogP contribution in [0, 0.1) is 0 Å². The lowest BCUT2D eigenvalue weighted by molar-refractivity contribution is -0.131. The van der Waals surface area contributed by atoms with Gasteiger partial charge in [-0.05, 0) is 20.8 Å². The normalized spacial score (nSPS) is 11.8. The van der Waals surface area contributed by atoms with E-state index in [-0.39, 0.29) is 11.9 Å². The number of rotatable bonds is 6. The van der Waals surface area contributed by atoms with E-state index in [1.165, 1.54) is 6.20 Å². The fourth-order valence-electron chi connectivity index (χ4n) is 1.60. The highest BCUT2D eigenvalue weighted by molar-refractivity contribution is 5.84. The molecule has 18 heavy (non-hydrogen) atoms. The molecule has 0 aliphatic heterocycles. The predicted octanol–water partition coefficient (Wildman–Crippen LogP) is 0.431. The molecule has 7 heteroatoms. The second kappa shape index (κ2) is 6.75. The smallest absolute Gasteiger partial charge is 0.244 e. The van der Waals surface area contributed by atoms with Crippen LogP contribution in [0.5, 0.6) is 0 Å². The summed E-state index contributed by atoms with van der Waals surface area (Å²) in [6.07, 6.45) is 3.05. The van der Waals surface area contributed by atoms with Gasteiger partial charge in [-0.25, -0.2) is 10.8 Å². The molecule has 100 valence electrons. The van der Waals surface area contributed by atoms with Crippen LogP contribution in [0.2, 0.25) is 0 Å². The predicted molar refractivity (Wildman–Crippen MR) is 70.9 cm³/mol. The maximum Gasteiger partial charge on any atom is 0.244 e. The Morgan fingerprint density at radius 3 is 2.56 bits per heavy atom. The standard InChI is InChI=1S/C11H20N6O/c1-4-17(5-2)11(18)8(3)14-9-6-13-7-10(15-9)16-12/h6-8H,4-5,12H2,1-3H3,(H2,14,15,16). The molecule has 1 aromatic heterocycles. The molecule has 1 heterocycles. The number of anilines is 2. The summed E-state index contributed by atoms with van der Waals surface area (Å²) < 4.78 is 0. The van der Waals surface area contributed by atoms with E-state index in [1.54, 1.807) is 18.0 Å². The van der Waals surface area contributed by atoms with Gasteiger partial charge in [-0.15, -0.1) is 0 Å². The quantitative estimate of drug-likeness (QED) is 0.502. The lowest BCUT2D eigenvalue weighted by atomic mass is 10.3. The number of hydrogen-bond donors (Lipinski definition) is 3. The first-order valence-electron chi connectivity index (χ1n) is 5.96. The van der Waals surface area contributed by atoms with E-state index < -0.39 is 0 Å². The Morgan fingerprint density at radius 2 is 2.00 bits per heavy atom. The number of carbonyl (C=O) groups excluding carboxylic acids is 1. The Hall–Kier alpha value is -1.89. The van der Waals surface area contributed by atoms with Crippen molar-refractivity contribution in [2.24, 2.45) is 5.84 Å². The summed E-state index contributed by atoms with van der Waals surface area (Å²) >= 11 is 0. The topological polar surface area (TPSA) is 96.2 Å². The fourth-order valence-corrected chi connectivity index (χ4v) is 1.60. The van der Waals surface area contributed by atoms with Gasteiger partial charge in [-0.2, -0.15) is 0 Å². The van der Waals surface area contributed by atoms with Crippen molar-refractivity contribution in [3.63, 3.8) is 0 Å². The zero-order valence-corrected chi connectivity index (χ0v) is 11.0. The number of aromatic nitrogens is 2. The van der Waals surface area contributed by atoms with Crippen molar-refractivity contribution < 1.29 is 4.79 Å². The molecule has 0 saturated heterocycles. The molecule has 0 aromatic carbocycles. The van der Waals surface area contributed by atoms with E-state index in [1.807, 2.05) is 13.8 Å². The average molecular weight is 252 g/mol. The molecule has 1 rings (SSSR count). The van der Waals surface area contributed by atoms with E-state index in [2.05, 4.69) is 20.7 Å². The van der Waals surface area contributed by atoms with Gasteiger partial charge in [0.1, 0.15) is 11.9 Å². The Labute approximate surface area is 107 Å². The van der Waals surface area contributed by atoms with Crippen LogP contribution in [0.4, 0.5) is 11.6 Å². The van der Waals surface area contributed by atoms with Crippen LogP contribution in [0.25, 0.3) is 0 Å². The van der Waals surface area contributed by atoms with Crippen molar-refractivity contribution in [2.45, 2.75) is 26.8 Å². The summed E-state index contributed by atoms with van der Waals surface area (Å²) in [6.45, 7) is 7.08. The maximum absolute atomic E-state index is 12.0. The molecule has 0 aliphatic rings. The highest BCUT2D eigenvalue weighted by atomic mass is 16.2. The number of likely N-dealkylation sites (N-methyl/N-ethyl adjacent to an activating group) is 1. The fraction of sp³-hybridized carbons (Fsp3) is 0.545. The zero-order chi connectivity index (χ0) is 13.5. The average Bonchev–Trinajstić information content (AvgIpc) is 2.40. The molecule has 0 spiro atoms. The van der Waals surface area contributed by atoms with E-state index in [0.29, 0.717) is 24.7 Å². The van der Waals surface area contributed by atoms with Crippen LogP contribution in [0.3, 0.4) is 0 Å². The van der Waals surface area contributed by atoms with Crippen molar-refractivity contribution in [2.75, 3.05) is 23.8 Å². The van der Waals surface area contributed by atoms with Gasteiger partial charge in [-0.1, -0.05) is 0 Å². The summed E-state index contributed by atoms with van der Waals surface area (Å²) in [5, 5.41) is 3.01. The van der Waals surface area contributed by atoms with Gasteiger partial charge in [0.25, 0.3) is 0 Å². The van der Waals surface area contributed by atoms with Gasteiger partial charge in [0.15, 0.2) is 5.82 Å². The SMILES string of the molecule is CCN(CC)C(=O)C(C)Nc1cncc(NN)n1. The first kappa shape index (κ1) is 14.2. The van der Waals surface area contributed by atoms with Crippen molar-refractivity contribution in [1.82, 2.24) is 14.9 Å². The van der Waals surface area contributed by atoms with E-state index >= 15 is 0 Å². The van der Waals surface area contributed by atoms with Crippen molar-refractivity contribution in [1.29, 1.82) is 0 Å². The summed E-state index contributed by atoms with van der Waals surface area (Å²) in [4.78, 5) is 21.9. The third-order valence-corrected chi connectivity index (χ3v) is 2.59. The second-order valence-corrected chi connectivity index (χ2v) is 3.81. The van der Waals surface area contributed by atoms with Crippen molar-refractivity contribution >= 4 is 17.5 Å². The summed E-state index contributed by atoms with van der Waals surface area (Å²) in [6, 6.07) is -0.354. The van der Waals surface area contributed by atoms with Gasteiger partial charge < -0.3 is 15.6 Å². The molecule has 1 amide bonds. The van der Waals surface area contributed by atoms with Crippen LogP contribution >= 0.6 is 0 Å². The van der Waals surface area contributed by atoms with Crippen LogP contribution in [-0.2, 0) is 4.79 Å². The molecule has 0 radical (unpaired) electrons. The number of hydrogen-bond acceptors (Lipinski definition) is 6. The Balaban J connectivity index is 2.68. The number of hydrazine groups is 1. The molecule has 0 saturated carbocycles. The Bertz CT molecular complexity index is 393. The van der Waals surface area contributed by atoms with Crippen LogP contribution in [0.15, 0.2) is 12.4 Å². The third kappa shape index (κ3) is 3.56. The molecule has 0 aliphatic carbocycles. The number of amides is 1. The number of nitrogens with one attached hydrogen (secondary N) is 2. The molecule has 7 nitrogen and oxygen atoms in total. The first-order valence-corrected chi connectivity index (χ1v) is 5.96. The zero-order valence-electron chi connectivity index (χ0n) is 11.0. The van der Waals surface area contributed by atoms with E-state index in [0.717, 1.165) is 0 Å². The van der Waals surface area contributed by atoms with Crippen molar-refractivity contribution in [3.05, 3.63) is 12.4 Å². The monoisotopic (exact) mass is 252 g/mol. The lowest BCUT2D eigenvalue weighted by Gasteiger charge is -2.23. The summed E-state index contributed by atoms with van der Waals surface area (Å²) in [5.41, 5.74) is 2.41. The van der Waals surface area contributed by atoms with Crippen LogP contribution in [0.1, 0.15) is 20.8 Å². The van der Waals surface area contributed by atoms with E-state index in [4.69, 9.17) is 5.84 Å². The number of nitrogen functional groups attached to an aromatic ring is 1. The van der Waals surface area contributed by atoms with Gasteiger partial charge in [0.05, 0.1) is 12.4 Å². The minimum Gasteiger partial charge on any atom is -0.357 e. The number of nitrogens with zero attached hydrogens (tertiary/aromatic N) is 3. The summed E-state index contributed by atoms with van der Waals surface area (Å²) in [5.74, 6) is 6.24. The lowest BCUT2D eigenvalue weighted by Crippen LogP contribution is -2.41. The highest BCUT2D eigenvalue weighted by Crippen LogP contribution is 2.08. The van der Waals surface area contributed by atoms with Crippen molar-refractivity contribution in [3.8, 4) is 0 Å². The largest absolute Gasteiger partial charge is 0.357 e. The maximum atomic E-state index is 12.0. The Kier molecular flexibility index (Phi) is 5.31.